The summed E-state index contributed by atoms with van der Waals surface area (Å²) in [5.41, 5.74) is 3.73. The van der Waals surface area contributed by atoms with E-state index in [1.165, 1.54) is 10.4 Å². The SMILES string of the molecule is Cc1c(NC(=O)CCNC(=O)c2ccccc2)cccc1C(=O)N1CCc2sccc2C1. The van der Waals surface area contributed by atoms with Gasteiger partial charge in [-0.3, -0.25) is 14.4 Å². The molecule has 2 aromatic carbocycles. The van der Waals surface area contributed by atoms with Crippen molar-refractivity contribution in [3.63, 3.8) is 0 Å². The number of fused-ring (bicyclic) bond motifs is 1. The van der Waals surface area contributed by atoms with Gasteiger partial charge in [-0.1, -0.05) is 24.3 Å². The van der Waals surface area contributed by atoms with Crippen molar-refractivity contribution in [1.29, 1.82) is 0 Å². The van der Waals surface area contributed by atoms with Crippen LogP contribution in [0, 0.1) is 6.92 Å². The van der Waals surface area contributed by atoms with Gasteiger partial charge in [0, 0.05) is 47.7 Å². The maximum absolute atomic E-state index is 13.1. The van der Waals surface area contributed by atoms with Gasteiger partial charge < -0.3 is 15.5 Å². The third-order valence-electron chi connectivity index (χ3n) is 5.61. The van der Waals surface area contributed by atoms with Crippen molar-refractivity contribution in [3.8, 4) is 0 Å². The Kier molecular flexibility index (Phi) is 6.66. The van der Waals surface area contributed by atoms with Gasteiger partial charge in [-0.05, 0) is 60.2 Å². The first-order chi connectivity index (χ1) is 15.5. The second-order valence-electron chi connectivity index (χ2n) is 7.74. The van der Waals surface area contributed by atoms with E-state index in [0.717, 1.165) is 12.0 Å². The zero-order valence-corrected chi connectivity index (χ0v) is 18.7. The van der Waals surface area contributed by atoms with Crippen molar-refractivity contribution in [2.75, 3.05) is 18.4 Å². The van der Waals surface area contributed by atoms with Crippen LogP contribution >= 0.6 is 11.3 Å². The largest absolute Gasteiger partial charge is 0.352 e. The molecular weight excluding hydrogens is 422 g/mol. The third-order valence-corrected chi connectivity index (χ3v) is 6.63. The predicted octanol–water partition coefficient (Wildman–Crippen LogP) is 4.01. The lowest BCUT2D eigenvalue weighted by molar-refractivity contribution is -0.116. The van der Waals surface area contributed by atoms with Gasteiger partial charge in [-0.15, -0.1) is 11.3 Å². The molecule has 0 aliphatic carbocycles. The molecule has 1 aliphatic rings. The Balaban J connectivity index is 1.34. The van der Waals surface area contributed by atoms with Crippen LogP contribution in [0.4, 0.5) is 5.69 Å². The summed E-state index contributed by atoms with van der Waals surface area (Å²) in [4.78, 5) is 40.9. The van der Waals surface area contributed by atoms with Crippen LogP contribution in [0.3, 0.4) is 0 Å². The highest BCUT2D eigenvalue weighted by atomic mass is 32.1. The van der Waals surface area contributed by atoms with Crippen molar-refractivity contribution in [2.24, 2.45) is 0 Å². The fourth-order valence-electron chi connectivity index (χ4n) is 3.79. The summed E-state index contributed by atoms with van der Waals surface area (Å²) < 4.78 is 0. The fourth-order valence-corrected chi connectivity index (χ4v) is 4.68. The van der Waals surface area contributed by atoms with Crippen LogP contribution in [0.25, 0.3) is 0 Å². The molecule has 164 valence electrons. The zero-order valence-electron chi connectivity index (χ0n) is 17.9. The summed E-state index contributed by atoms with van der Waals surface area (Å²) in [5.74, 6) is -0.449. The van der Waals surface area contributed by atoms with Gasteiger partial charge in [-0.25, -0.2) is 0 Å². The number of amides is 3. The molecule has 0 fully saturated rings. The second-order valence-corrected chi connectivity index (χ2v) is 8.74. The molecule has 1 aliphatic heterocycles. The van der Waals surface area contributed by atoms with Crippen molar-refractivity contribution >= 4 is 34.7 Å². The normalized spacial score (nSPS) is 12.7. The molecule has 0 unspecified atom stereocenters. The van der Waals surface area contributed by atoms with Crippen LogP contribution in [0.2, 0.25) is 0 Å². The van der Waals surface area contributed by atoms with Gasteiger partial charge in [0.25, 0.3) is 11.8 Å². The van der Waals surface area contributed by atoms with Crippen LogP contribution in [-0.2, 0) is 17.8 Å². The molecule has 3 amide bonds. The molecule has 0 saturated heterocycles. The van der Waals surface area contributed by atoms with Crippen LogP contribution in [-0.4, -0.2) is 35.7 Å². The highest BCUT2D eigenvalue weighted by Crippen LogP contribution is 2.27. The highest BCUT2D eigenvalue weighted by molar-refractivity contribution is 7.10. The van der Waals surface area contributed by atoms with Crippen molar-refractivity contribution in [3.05, 3.63) is 87.1 Å². The molecule has 0 spiro atoms. The number of anilines is 1. The number of thiophene rings is 1. The van der Waals surface area contributed by atoms with Gasteiger partial charge in [0.15, 0.2) is 0 Å². The van der Waals surface area contributed by atoms with Crippen LogP contribution in [0.1, 0.15) is 43.1 Å². The number of nitrogens with zero attached hydrogens (tertiary/aromatic N) is 1. The first-order valence-corrected chi connectivity index (χ1v) is 11.5. The minimum Gasteiger partial charge on any atom is -0.352 e. The average Bonchev–Trinajstić information content (AvgIpc) is 3.28. The Hall–Kier alpha value is -3.45. The quantitative estimate of drug-likeness (QED) is 0.599. The van der Waals surface area contributed by atoms with E-state index in [2.05, 4.69) is 22.1 Å². The van der Waals surface area contributed by atoms with Crippen LogP contribution in [0.15, 0.2) is 60.0 Å². The van der Waals surface area contributed by atoms with E-state index in [0.29, 0.717) is 29.9 Å². The van der Waals surface area contributed by atoms with E-state index in [1.54, 1.807) is 53.8 Å². The summed E-state index contributed by atoms with van der Waals surface area (Å²) in [6.07, 6.45) is 1.02. The number of benzene rings is 2. The van der Waals surface area contributed by atoms with E-state index < -0.39 is 0 Å². The lowest BCUT2D eigenvalue weighted by Gasteiger charge is -2.28. The van der Waals surface area contributed by atoms with E-state index in [1.807, 2.05) is 17.9 Å². The smallest absolute Gasteiger partial charge is 0.254 e. The number of hydrogen-bond donors (Lipinski definition) is 2. The van der Waals surface area contributed by atoms with E-state index in [4.69, 9.17) is 0 Å². The van der Waals surface area contributed by atoms with Gasteiger partial charge in [0.2, 0.25) is 5.91 Å². The predicted molar refractivity (Wildman–Crippen MR) is 126 cm³/mol. The Labute approximate surface area is 191 Å². The zero-order chi connectivity index (χ0) is 22.5. The first kappa shape index (κ1) is 21.8. The summed E-state index contributed by atoms with van der Waals surface area (Å²) in [6, 6.07) is 16.3. The molecule has 1 aromatic heterocycles. The molecule has 7 heteroatoms. The van der Waals surface area contributed by atoms with Gasteiger partial charge >= 0.3 is 0 Å². The van der Waals surface area contributed by atoms with Crippen molar-refractivity contribution in [1.82, 2.24) is 10.2 Å². The fraction of sp³-hybridized carbons (Fsp3) is 0.240. The molecule has 0 bridgehead atoms. The van der Waals surface area contributed by atoms with Crippen molar-refractivity contribution < 1.29 is 14.4 Å². The molecule has 2 N–H and O–H groups in total. The molecule has 3 aromatic rings. The molecule has 0 saturated carbocycles. The van der Waals surface area contributed by atoms with Crippen LogP contribution in [0.5, 0.6) is 0 Å². The Bertz CT molecular complexity index is 1140. The van der Waals surface area contributed by atoms with Gasteiger partial charge in [0.1, 0.15) is 0 Å². The topological polar surface area (TPSA) is 78.5 Å². The van der Waals surface area contributed by atoms with E-state index in [9.17, 15) is 14.4 Å². The second kappa shape index (κ2) is 9.78. The van der Waals surface area contributed by atoms with Gasteiger partial charge in [-0.2, -0.15) is 0 Å². The monoisotopic (exact) mass is 447 g/mol. The minimum absolute atomic E-state index is 0.0226. The number of carbonyl (C=O) groups is 3. The standard InChI is InChI=1S/C25H25N3O3S/c1-17-20(25(31)28-14-11-22-19(16-28)12-15-32-22)8-5-9-21(17)27-23(29)10-13-26-24(30)18-6-3-2-4-7-18/h2-9,12,15H,10-11,13-14,16H2,1H3,(H,26,30)(H,27,29). The maximum atomic E-state index is 13.1. The molecule has 4 rings (SSSR count). The maximum Gasteiger partial charge on any atom is 0.254 e. The third kappa shape index (κ3) is 4.89. The van der Waals surface area contributed by atoms with E-state index >= 15 is 0 Å². The Morgan fingerprint density at radius 1 is 1.03 bits per heavy atom. The van der Waals surface area contributed by atoms with Crippen molar-refractivity contribution in [2.45, 2.75) is 26.3 Å². The van der Waals surface area contributed by atoms with Crippen LogP contribution < -0.4 is 10.6 Å². The summed E-state index contributed by atoms with van der Waals surface area (Å²) in [5, 5.41) is 7.69. The number of carbonyl (C=O) groups excluding carboxylic acids is 3. The average molecular weight is 448 g/mol. The summed E-state index contributed by atoms with van der Waals surface area (Å²) >= 11 is 1.74. The first-order valence-electron chi connectivity index (χ1n) is 10.6. The number of rotatable bonds is 6. The molecule has 0 atom stereocenters. The Morgan fingerprint density at radius 3 is 2.66 bits per heavy atom. The number of hydrogen-bond acceptors (Lipinski definition) is 4. The lowest BCUT2D eigenvalue weighted by Crippen LogP contribution is -2.35. The highest BCUT2D eigenvalue weighted by Gasteiger charge is 2.24. The van der Waals surface area contributed by atoms with E-state index in [-0.39, 0.29) is 30.7 Å². The molecule has 6 nitrogen and oxygen atoms in total. The lowest BCUT2D eigenvalue weighted by atomic mass is 10.0. The molecule has 0 radical (unpaired) electrons. The minimum atomic E-state index is -0.216. The number of nitrogens with one attached hydrogen (secondary N) is 2. The summed E-state index contributed by atoms with van der Waals surface area (Å²) in [7, 11) is 0. The Morgan fingerprint density at radius 2 is 1.84 bits per heavy atom. The van der Waals surface area contributed by atoms with Gasteiger partial charge in [0.05, 0.1) is 0 Å². The molecular formula is C25H25N3O3S. The summed E-state index contributed by atoms with van der Waals surface area (Å²) in [6.45, 7) is 3.40. The molecule has 2 heterocycles. The molecule has 32 heavy (non-hydrogen) atoms.